The Labute approximate surface area is 145 Å². The summed E-state index contributed by atoms with van der Waals surface area (Å²) in [5.41, 5.74) is 0.634. The summed E-state index contributed by atoms with van der Waals surface area (Å²) in [7, 11) is 0. The van der Waals surface area contributed by atoms with Crippen LogP contribution in [0.3, 0.4) is 0 Å². The molecule has 1 fully saturated rings. The predicted octanol–water partition coefficient (Wildman–Crippen LogP) is 0.698. The van der Waals surface area contributed by atoms with Gasteiger partial charge in [-0.15, -0.1) is 5.10 Å². The number of aromatic nitrogens is 4. The molecule has 134 valence electrons. The molecule has 1 aromatic heterocycles. The second-order valence-electron chi connectivity index (χ2n) is 5.77. The second kappa shape index (κ2) is 8.02. The monoisotopic (exact) mass is 348 g/mol. The van der Waals surface area contributed by atoms with Gasteiger partial charge in [0.1, 0.15) is 12.4 Å². The first-order valence-electron chi connectivity index (χ1n) is 8.30. The number of halogens is 1. The average Bonchev–Trinajstić information content (AvgIpc) is 3.03. The molecule has 0 atom stereocenters. The molecule has 0 aliphatic carbocycles. The van der Waals surface area contributed by atoms with Crippen molar-refractivity contribution in [3.05, 3.63) is 35.9 Å². The maximum absolute atomic E-state index is 13.9. The molecular weight excluding hydrogens is 327 g/mol. The molecule has 0 spiro atoms. The minimum atomic E-state index is -0.361. The molecule has 0 unspecified atom stereocenters. The fourth-order valence-corrected chi connectivity index (χ4v) is 2.84. The molecule has 0 radical (unpaired) electrons. The minimum absolute atomic E-state index is 0.00532. The molecule has 0 saturated carbocycles. The van der Waals surface area contributed by atoms with Crippen LogP contribution < -0.4 is 4.90 Å². The van der Waals surface area contributed by atoms with Crippen LogP contribution >= 0.6 is 0 Å². The Morgan fingerprint density at radius 3 is 2.72 bits per heavy atom. The van der Waals surface area contributed by atoms with Gasteiger partial charge in [0.2, 0.25) is 0 Å². The number of para-hydroxylation sites is 1. The van der Waals surface area contributed by atoms with Gasteiger partial charge in [0.15, 0.2) is 5.82 Å². The topological polar surface area (TPSA) is 76.4 Å². The highest BCUT2D eigenvalue weighted by molar-refractivity contribution is 5.69. The Bertz CT molecular complexity index is 714. The van der Waals surface area contributed by atoms with E-state index in [2.05, 4.69) is 20.4 Å². The molecule has 3 rings (SSSR count). The van der Waals surface area contributed by atoms with Gasteiger partial charge in [-0.3, -0.25) is 9.69 Å². The number of anilines is 1. The number of ether oxygens (including phenoxy) is 1. The normalized spacial score (nSPS) is 15.4. The van der Waals surface area contributed by atoms with Crippen molar-refractivity contribution in [2.75, 3.05) is 37.7 Å². The zero-order chi connectivity index (χ0) is 17.6. The lowest BCUT2D eigenvalue weighted by molar-refractivity contribution is -0.144. The second-order valence-corrected chi connectivity index (χ2v) is 5.77. The van der Waals surface area contributed by atoms with Crippen molar-refractivity contribution in [3.8, 4) is 0 Å². The molecular formula is C16H21FN6O2. The summed E-state index contributed by atoms with van der Waals surface area (Å²) in [6.45, 7) is 5.60. The zero-order valence-electron chi connectivity index (χ0n) is 14.1. The largest absolute Gasteiger partial charge is 0.465 e. The third-order valence-electron chi connectivity index (χ3n) is 4.12. The van der Waals surface area contributed by atoms with E-state index < -0.39 is 0 Å². The lowest BCUT2D eigenvalue weighted by Gasteiger charge is -2.35. The first kappa shape index (κ1) is 17.3. The van der Waals surface area contributed by atoms with Crippen LogP contribution in [0, 0.1) is 5.82 Å². The van der Waals surface area contributed by atoms with Crippen LogP contribution in [0.1, 0.15) is 12.7 Å². The molecule has 1 aliphatic rings. The quantitative estimate of drug-likeness (QED) is 0.711. The molecule has 1 saturated heterocycles. The Balaban J connectivity index is 1.55. The van der Waals surface area contributed by atoms with Gasteiger partial charge in [-0.2, -0.15) is 0 Å². The van der Waals surface area contributed by atoms with Crippen molar-refractivity contribution >= 4 is 11.7 Å². The number of hydrogen-bond donors (Lipinski definition) is 0. The van der Waals surface area contributed by atoms with E-state index in [1.165, 1.54) is 10.7 Å². The number of carbonyl (C=O) groups is 1. The van der Waals surface area contributed by atoms with Gasteiger partial charge in [0, 0.05) is 26.2 Å². The fourth-order valence-electron chi connectivity index (χ4n) is 2.84. The lowest BCUT2D eigenvalue weighted by Crippen LogP contribution is -2.46. The summed E-state index contributed by atoms with van der Waals surface area (Å²) in [5, 5.41) is 11.5. The Morgan fingerprint density at radius 1 is 1.24 bits per heavy atom. The minimum Gasteiger partial charge on any atom is -0.465 e. The van der Waals surface area contributed by atoms with Crippen molar-refractivity contribution < 1.29 is 13.9 Å². The van der Waals surface area contributed by atoms with Crippen molar-refractivity contribution in [1.29, 1.82) is 0 Å². The van der Waals surface area contributed by atoms with Gasteiger partial charge >= 0.3 is 5.97 Å². The maximum atomic E-state index is 13.9. The van der Waals surface area contributed by atoms with Crippen molar-refractivity contribution in [2.24, 2.45) is 0 Å². The molecule has 9 heteroatoms. The third kappa shape index (κ3) is 4.30. The summed E-state index contributed by atoms with van der Waals surface area (Å²) < 4.78 is 20.3. The van der Waals surface area contributed by atoms with Crippen LogP contribution in [0.15, 0.2) is 24.3 Å². The van der Waals surface area contributed by atoms with E-state index >= 15 is 0 Å². The number of tetrazole rings is 1. The highest BCUT2D eigenvalue weighted by Crippen LogP contribution is 2.20. The van der Waals surface area contributed by atoms with Crippen LogP contribution in [-0.4, -0.2) is 63.9 Å². The zero-order valence-corrected chi connectivity index (χ0v) is 14.1. The van der Waals surface area contributed by atoms with Crippen molar-refractivity contribution in [3.63, 3.8) is 0 Å². The number of hydrogen-bond acceptors (Lipinski definition) is 7. The summed E-state index contributed by atoms with van der Waals surface area (Å²) in [5.74, 6) is 0.0575. The molecule has 8 nitrogen and oxygen atoms in total. The van der Waals surface area contributed by atoms with E-state index in [1.54, 1.807) is 19.1 Å². The van der Waals surface area contributed by atoms with Crippen LogP contribution in [0.2, 0.25) is 0 Å². The predicted molar refractivity (Wildman–Crippen MR) is 88.3 cm³/mol. The number of esters is 1. The first-order chi connectivity index (χ1) is 12.2. The Hall–Kier alpha value is -2.55. The SMILES string of the molecule is CCOC(=O)Cn1nnnc1CN1CCN(c2ccccc2F)CC1. The van der Waals surface area contributed by atoms with Gasteiger partial charge in [-0.05, 0) is 29.5 Å². The molecule has 1 aliphatic heterocycles. The lowest BCUT2D eigenvalue weighted by atomic mass is 10.2. The van der Waals surface area contributed by atoms with Crippen LogP contribution in [0.25, 0.3) is 0 Å². The third-order valence-corrected chi connectivity index (χ3v) is 4.12. The summed E-state index contributed by atoms with van der Waals surface area (Å²) >= 11 is 0. The highest BCUT2D eigenvalue weighted by Gasteiger charge is 2.21. The maximum Gasteiger partial charge on any atom is 0.327 e. The number of carbonyl (C=O) groups excluding carboxylic acids is 1. The standard InChI is InChI=1S/C16H21FN6O2/c1-2-25-16(24)12-23-15(18-19-20-23)11-21-7-9-22(10-8-21)14-6-4-3-5-13(14)17/h3-6H,2,7-12H2,1H3. The van der Waals surface area contributed by atoms with Gasteiger partial charge in [0.05, 0.1) is 18.8 Å². The van der Waals surface area contributed by atoms with E-state index in [9.17, 15) is 9.18 Å². The van der Waals surface area contributed by atoms with Gasteiger partial charge in [0.25, 0.3) is 0 Å². The Morgan fingerprint density at radius 2 is 2.00 bits per heavy atom. The van der Waals surface area contributed by atoms with E-state index in [4.69, 9.17) is 4.74 Å². The van der Waals surface area contributed by atoms with Crippen molar-refractivity contribution in [1.82, 2.24) is 25.1 Å². The molecule has 2 aromatic rings. The molecule has 0 amide bonds. The number of piperazine rings is 1. The van der Waals surface area contributed by atoms with Crippen molar-refractivity contribution in [2.45, 2.75) is 20.0 Å². The number of nitrogens with zero attached hydrogens (tertiary/aromatic N) is 6. The van der Waals surface area contributed by atoms with Crippen LogP contribution in [-0.2, 0) is 22.6 Å². The first-order valence-corrected chi connectivity index (χ1v) is 8.30. The van der Waals surface area contributed by atoms with E-state index in [1.807, 2.05) is 11.0 Å². The van der Waals surface area contributed by atoms with Gasteiger partial charge < -0.3 is 9.64 Å². The number of benzene rings is 1. The molecule has 1 aromatic carbocycles. The van der Waals surface area contributed by atoms with E-state index in [0.29, 0.717) is 24.7 Å². The number of rotatable bonds is 6. The molecule has 2 heterocycles. The summed E-state index contributed by atoms with van der Waals surface area (Å²) in [6.07, 6.45) is 0. The van der Waals surface area contributed by atoms with Crippen LogP contribution in [0.5, 0.6) is 0 Å². The van der Waals surface area contributed by atoms with E-state index in [0.717, 1.165) is 26.2 Å². The average molecular weight is 348 g/mol. The van der Waals surface area contributed by atoms with Gasteiger partial charge in [-0.25, -0.2) is 9.07 Å². The molecule has 0 N–H and O–H groups in total. The molecule has 0 bridgehead atoms. The Kier molecular flexibility index (Phi) is 5.54. The van der Waals surface area contributed by atoms with Gasteiger partial charge in [-0.1, -0.05) is 12.1 Å². The smallest absolute Gasteiger partial charge is 0.327 e. The van der Waals surface area contributed by atoms with E-state index in [-0.39, 0.29) is 18.3 Å². The summed E-state index contributed by atoms with van der Waals surface area (Å²) in [4.78, 5) is 15.8. The fraction of sp³-hybridized carbons (Fsp3) is 0.500. The summed E-state index contributed by atoms with van der Waals surface area (Å²) in [6, 6.07) is 6.81. The van der Waals surface area contributed by atoms with Crippen LogP contribution in [0.4, 0.5) is 10.1 Å². The molecule has 25 heavy (non-hydrogen) atoms. The highest BCUT2D eigenvalue weighted by atomic mass is 19.1.